The molecule has 0 saturated carbocycles. The predicted octanol–water partition coefficient (Wildman–Crippen LogP) is 4.22. The summed E-state index contributed by atoms with van der Waals surface area (Å²) in [5.74, 6) is 0. The third-order valence-electron chi connectivity index (χ3n) is 2.33. The third-order valence-corrected chi connectivity index (χ3v) is 2.81. The van der Waals surface area contributed by atoms with Crippen LogP contribution in [0.4, 0.5) is 13.2 Å². The fourth-order valence-electron chi connectivity index (χ4n) is 1.54. The van der Waals surface area contributed by atoms with Crippen molar-refractivity contribution in [3.8, 4) is 0 Å². The topological polar surface area (TPSA) is 12.9 Å². The van der Waals surface area contributed by atoms with Crippen molar-refractivity contribution >= 4 is 22.5 Å². The standard InChI is InChI=1S/C11H7ClF3N/c1-6-9(12)7-4-2-3-5-8(7)16-10(6)11(13,14)15/h2-5H,1H3. The molecular formula is C11H7ClF3N. The van der Waals surface area contributed by atoms with Gasteiger partial charge in [-0.1, -0.05) is 29.8 Å². The first-order valence-electron chi connectivity index (χ1n) is 4.53. The van der Waals surface area contributed by atoms with Gasteiger partial charge in [0, 0.05) is 5.39 Å². The molecule has 0 bridgehead atoms. The number of rotatable bonds is 0. The molecule has 0 saturated heterocycles. The second-order valence-corrected chi connectivity index (χ2v) is 3.79. The van der Waals surface area contributed by atoms with E-state index in [1.807, 2.05) is 0 Å². The van der Waals surface area contributed by atoms with Crippen molar-refractivity contribution in [3.63, 3.8) is 0 Å². The van der Waals surface area contributed by atoms with Gasteiger partial charge in [0.05, 0.1) is 10.5 Å². The van der Waals surface area contributed by atoms with Gasteiger partial charge in [0.2, 0.25) is 0 Å². The van der Waals surface area contributed by atoms with Gasteiger partial charge in [-0.25, -0.2) is 4.98 Å². The van der Waals surface area contributed by atoms with Crippen molar-refractivity contribution in [1.82, 2.24) is 4.98 Å². The predicted molar refractivity (Wildman–Crippen MR) is 56.5 cm³/mol. The summed E-state index contributed by atoms with van der Waals surface area (Å²) in [6.07, 6.45) is -4.47. The molecule has 1 heterocycles. The average Bonchev–Trinajstić information content (AvgIpc) is 2.22. The molecule has 0 fully saturated rings. The maximum Gasteiger partial charge on any atom is 0.433 e. The van der Waals surface area contributed by atoms with E-state index < -0.39 is 11.9 Å². The van der Waals surface area contributed by atoms with Gasteiger partial charge in [-0.05, 0) is 18.6 Å². The Hall–Kier alpha value is -1.29. The molecular weight excluding hydrogens is 239 g/mol. The molecule has 2 aromatic rings. The minimum absolute atomic E-state index is 0.0344. The van der Waals surface area contributed by atoms with E-state index in [1.54, 1.807) is 18.2 Å². The lowest BCUT2D eigenvalue weighted by Gasteiger charge is -2.12. The summed E-state index contributed by atoms with van der Waals surface area (Å²) in [7, 11) is 0. The Morgan fingerprint density at radius 1 is 1.19 bits per heavy atom. The van der Waals surface area contributed by atoms with Crippen molar-refractivity contribution in [2.24, 2.45) is 0 Å². The highest BCUT2D eigenvalue weighted by Crippen LogP contribution is 2.36. The average molecular weight is 246 g/mol. The van der Waals surface area contributed by atoms with Crippen LogP contribution in [0.5, 0.6) is 0 Å². The van der Waals surface area contributed by atoms with Crippen LogP contribution in [0.3, 0.4) is 0 Å². The maximum absolute atomic E-state index is 12.6. The van der Waals surface area contributed by atoms with Gasteiger partial charge in [0.25, 0.3) is 0 Å². The number of halogens is 4. The van der Waals surface area contributed by atoms with Gasteiger partial charge < -0.3 is 0 Å². The smallest absolute Gasteiger partial charge is 0.243 e. The fraction of sp³-hybridized carbons (Fsp3) is 0.182. The Morgan fingerprint density at radius 2 is 1.81 bits per heavy atom. The molecule has 0 spiro atoms. The zero-order valence-corrected chi connectivity index (χ0v) is 9.02. The fourth-order valence-corrected chi connectivity index (χ4v) is 1.79. The number of fused-ring (bicyclic) bond motifs is 1. The normalized spacial score (nSPS) is 12.1. The van der Waals surface area contributed by atoms with Gasteiger partial charge >= 0.3 is 6.18 Å². The molecule has 1 nitrogen and oxygen atoms in total. The number of benzene rings is 1. The first-order valence-corrected chi connectivity index (χ1v) is 4.91. The summed E-state index contributed by atoms with van der Waals surface area (Å²) in [4.78, 5) is 3.60. The summed E-state index contributed by atoms with van der Waals surface area (Å²) >= 11 is 5.90. The highest BCUT2D eigenvalue weighted by Gasteiger charge is 2.35. The van der Waals surface area contributed by atoms with E-state index >= 15 is 0 Å². The van der Waals surface area contributed by atoms with Crippen molar-refractivity contribution in [1.29, 1.82) is 0 Å². The lowest BCUT2D eigenvalue weighted by molar-refractivity contribution is -0.141. The largest absolute Gasteiger partial charge is 0.433 e. The Bertz CT molecular complexity index is 549. The summed E-state index contributed by atoms with van der Waals surface area (Å²) in [5, 5.41) is 0.646. The van der Waals surface area contributed by atoms with E-state index in [1.165, 1.54) is 13.0 Å². The molecule has 5 heteroatoms. The lowest BCUT2D eigenvalue weighted by Crippen LogP contribution is -2.11. The molecule has 2 rings (SSSR count). The SMILES string of the molecule is Cc1c(C(F)(F)F)nc2ccccc2c1Cl. The number of para-hydroxylation sites is 1. The highest BCUT2D eigenvalue weighted by molar-refractivity contribution is 6.36. The van der Waals surface area contributed by atoms with Crippen LogP contribution in [0, 0.1) is 6.92 Å². The third kappa shape index (κ3) is 1.73. The molecule has 84 valence electrons. The van der Waals surface area contributed by atoms with Crippen LogP contribution in [-0.2, 0) is 6.18 Å². The zero-order valence-electron chi connectivity index (χ0n) is 8.27. The van der Waals surface area contributed by atoms with Crippen LogP contribution in [0.2, 0.25) is 5.02 Å². The molecule has 0 aliphatic rings. The Kier molecular flexibility index (Phi) is 2.54. The number of aromatic nitrogens is 1. The van der Waals surface area contributed by atoms with Crippen LogP contribution < -0.4 is 0 Å². The van der Waals surface area contributed by atoms with Gasteiger partial charge in [0.15, 0.2) is 0 Å². The van der Waals surface area contributed by atoms with Crippen LogP contribution >= 0.6 is 11.6 Å². The zero-order chi connectivity index (χ0) is 11.9. The molecule has 16 heavy (non-hydrogen) atoms. The number of hydrogen-bond donors (Lipinski definition) is 0. The summed E-state index contributed by atoms with van der Waals surface area (Å²) < 4.78 is 37.9. The van der Waals surface area contributed by atoms with E-state index in [0.29, 0.717) is 5.39 Å². The minimum atomic E-state index is -4.47. The quantitative estimate of drug-likeness (QED) is 0.677. The van der Waals surface area contributed by atoms with E-state index in [2.05, 4.69) is 4.98 Å². The second-order valence-electron chi connectivity index (χ2n) is 3.41. The van der Waals surface area contributed by atoms with Crippen LogP contribution in [0.15, 0.2) is 24.3 Å². The number of alkyl halides is 3. The summed E-state index contributed by atoms with van der Waals surface area (Å²) in [5.41, 5.74) is -0.700. The van der Waals surface area contributed by atoms with Crippen molar-refractivity contribution < 1.29 is 13.2 Å². The Labute approximate surface area is 94.9 Å². The molecule has 0 amide bonds. The van der Waals surface area contributed by atoms with E-state index in [-0.39, 0.29) is 16.1 Å². The van der Waals surface area contributed by atoms with Gasteiger partial charge in [0.1, 0.15) is 5.69 Å². The maximum atomic E-state index is 12.6. The first-order chi connectivity index (χ1) is 7.41. The van der Waals surface area contributed by atoms with Gasteiger partial charge in [-0.2, -0.15) is 13.2 Å². The molecule has 0 aliphatic heterocycles. The van der Waals surface area contributed by atoms with E-state index in [4.69, 9.17) is 11.6 Å². The highest BCUT2D eigenvalue weighted by atomic mass is 35.5. The second kappa shape index (κ2) is 3.63. The van der Waals surface area contributed by atoms with Crippen molar-refractivity contribution in [3.05, 3.63) is 40.5 Å². The van der Waals surface area contributed by atoms with E-state index in [0.717, 1.165) is 0 Å². The molecule has 1 aromatic carbocycles. The van der Waals surface area contributed by atoms with Crippen molar-refractivity contribution in [2.75, 3.05) is 0 Å². The minimum Gasteiger partial charge on any atom is -0.243 e. The van der Waals surface area contributed by atoms with Crippen LogP contribution in [0.25, 0.3) is 10.9 Å². The number of nitrogens with zero attached hydrogens (tertiary/aromatic N) is 1. The molecule has 0 N–H and O–H groups in total. The molecule has 0 unspecified atom stereocenters. The molecule has 1 aromatic heterocycles. The van der Waals surface area contributed by atoms with Gasteiger partial charge in [-0.15, -0.1) is 0 Å². The van der Waals surface area contributed by atoms with Crippen LogP contribution in [0.1, 0.15) is 11.3 Å². The number of hydrogen-bond acceptors (Lipinski definition) is 1. The first kappa shape index (κ1) is 11.2. The van der Waals surface area contributed by atoms with E-state index in [9.17, 15) is 13.2 Å². The Balaban J connectivity index is 2.84. The molecule has 0 radical (unpaired) electrons. The lowest BCUT2D eigenvalue weighted by atomic mass is 10.1. The van der Waals surface area contributed by atoms with Crippen LogP contribution in [-0.4, -0.2) is 4.98 Å². The Morgan fingerprint density at radius 3 is 2.44 bits per heavy atom. The van der Waals surface area contributed by atoms with Crippen molar-refractivity contribution in [2.45, 2.75) is 13.1 Å². The van der Waals surface area contributed by atoms with Gasteiger partial charge in [-0.3, -0.25) is 0 Å². The number of pyridine rings is 1. The molecule has 0 aliphatic carbocycles. The monoisotopic (exact) mass is 245 g/mol. The molecule has 0 atom stereocenters. The summed E-state index contributed by atoms with van der Waals surface area (Å²) in [6, 6.07) is 6.50. The summed E-state index contributed by atoms with van der Waals surface area (Å²) in [6.45, 7) is 1.32.